The van der Waals surface area contributed by atoms with Gasteiger partial charge in [-0.15, -0.1) is 0 Å². The van der Waals surface area contributed by atoms with Crippen LogP contribution in [0.5, 0.6) is 0 Å². The van der Waals surface area contributed by atoms with E-state index in [1.165, 1.54) is 5.69 Å². The molecule has 1 unspecified atom stereocenters. The first kappa shape index (κ1) is 12.7. The van der Waals surface area contributed by atoms with Crippen molar-refractivity contribution in [2.24, 2.45) is 7.05 Å². The average Bonchev–Trinajstić information content (AvgIpc) is 2.83. The predicted molar refractivity (Wildman–Crippen MR) is 75.3 cm³/mol. The fourth-order valence-corrected chi connectivity index (χ4v) is 2.62. The van der Waals surface area contributed by atoms with E-state index in [9.17, 15) is 4.79 Å². The minimum atomic E-state index is -0.196. The van der Waals surface area contributed by atoms with E-state index in [1.807, 2.05) is 17.9 Å². The first-order valence-corrected chi connectivity index (χ1v) is 6.72. The third kappa shape index (κ3) is 2.49. The number of pyridine rings is 1. The number of fused-ring (bicyclic) bond motifs is 1. The van der Waals surface area contributed by atoms with Crippen molar-refractivity contribution in [3.05, 3.63) is 42.0 Å². The zero-order valence-electron chi connectivity index (χ0n) is 11.3. The standard InChI is InChI=1S/C14H17N5O/c1-19-13-4-2-3-12(11(13)9-16-19)18-14(20)17-10-5-7-15-8-6-10/h5-9,12H,2-4H2,1H3,(H2,15,17,18,20). The van der Waals surface area contributed by atoms with Gasteiger partial charge in [-0.1, -0.05) is 0 Å². The molecule has 2 aromatic rings. The Kier molecular flexibility index (Phi) is 3.37. The van der Waals surface area contributed by atoms with Gasteiger partial charge >= 0.3 is 6.03 Å². The zero-order valence-corrected chi connectivity index (χ0v) is 11.3. The molecule has 1 aliphatic rings. The summed E-state index contributed by atoms with van der Waals surface area (Å²) in [4.78, 5) is 15.9. The van der Waals surface area contributed by atoms with E-state index in [0.717, 1.165) is 30.5 Å². The Morgan fingerprint density at radius 3 is 3.00 bits per heavy atom. The predicted octanol–water partition coefficient (Wildman–Crippen LogP) is 2.01. The number of carbonyl (C=O) groups excluding carboxylic acids is 1. The van der Waals surface area contributed by atoms with Crippen LogP contribution in [0.2, 0.25) is 0 Å². The summed E-state index contributed by atoms with van der Waals surface area (Å²) in [5.74, 6) is 0. The van der Waals surface area contributed by atoms with Crippen molar-refractivity contribution < 1.29 is 4.79 Å². The molecule has 20 heavy (non-hydrogen) atoms. The maximum Gasteiger partial charge on any atom is 0.319 e. The van der Waals surface area contributed by atoms with Crippen molar-refractivity contribution in [2.75, 3.05) is 5.32 Å². The van der Waals surface area contributed by atoms with Gasteiger partial charge in [-0.3, -0.25) is 9.67 Å². The molecule has 1 atom stereocenters. The number of anilines is 1. The van der Waals surface area contributed by atoms with Crippen LogP contribution < -0.4 is 10.6 Å². The van der Waals surface area contributed by atoms with Gasteiger partial charge in [0, 0.05) is 36.4 Å². The molecule has 0 saturated heterocycles. The van der Waals surface area contributed by atoms with Gasteiger partial charge in [0.05, 0.1) is 12.2 Å². The number of hydrogen-bond acceptors (Lipinski definition) is 3. The second-order valence-corrected chi connectivity index (χ2v) is 4.95. The van der Waals surface area contributed by atoms with E-state index < -0.39 is 0 Å². The number of carbonyl (C=O) groups is 1. The Hall–Kier alpha value is -2.37. The number of urea groups is 1. The van der Waals surface area contributed by atoms with Gasteiger partial charge in [0.1, 0.15) is 0 Å². The van der Waals surface area contributed by atoms with E-state index in [2.05, 4.69) is 20.7 Å². The van der Waals surface area contributed by atoms with Gasteiger partial charge in [-0.2, -0.15) is 5.10 Å². The highest BCUT2D eigenvalue weighted by Crippen LogP contribution is 2.29. The highest BCUT2D eigenvalue weighted by molar-refractivity contribution is 5.89. The number of nitrogens with zero attached hydrogens (tertiary/aromatic N) is 3. The fraction of sp³-hybridized carbons (Fsp3) is 0.357. The lowest BCUT2D eigenvalue weighted by atomic mass is 9.93. The van der Waals surface area contributed by atoms with Crippen LogP contribution in [0.3, 0.4) is 0 Å². The van der Waals surface area contributed by atoms with Gasteiger partial charge < -0.3 is 10.6 Å². The van der Waals surface area contributed by atoms with Crippen LogP contribution in [-0.4, -0.2) is 20.8 Å². The molecular formula is C14H17N5O. The maximum absolute atomic E-state index is 12.0. The lowest BCUT2D eigenvalue weighted by Crippen LogP contribution is -2.34. The monoisotopic (exact) mass is 271 g/mol. The summed E-state index contributed by atoms with van der Waals surface area (Å²) in [6.07, 6.45) is 8.18. The Balaban J connectivity index is 1.68. The largest absolute Gasteiger partial charge is 0.331 e. The summed E-state index contributed by atoms with van der Waals surface area (Å²) in [5.41, 5.74) is 3.08. The van der Waals surface area contributed by atoms with Crippen molar-refractivity contribution in [1.29, 1.82) is 0 Å². The molecular weight excluding hydrogens is 254 g/mol. The minimum Gasteiger partial charge on any atom is -0.331 e. The quantitative estimate of drug-likeness (QED) is 0.877. The highest BCUT2D eigenvalue weighted by atomic mass is 16.2. The van der Waals surface area contributed by atoms with Crippen molar-refractivity contribution in [2.45, 2.75) is 25.3 Å². The molecule has 2 heterocycles. The summed E-state index contributed by atoms with van der Waals surface area (Å²) in [7, 11) is 1.94. The molecule has 0 fully saturated rings. The summed E-state index contributed by atoms with van der Waals surface area (Å²) < 4.78 is 1.89. The molecule has 6 nitrogen and oxygen atoms in total. The van der Waals surface area contributed by atoms with E-state index in [1.54, 1.807) is 24.5 Å². The molecule has 3 rings (SSSR count). The molecule has 0 saturated carbocycles. The molecule has 0 spiro atoms. The number of amides is 2. The summed E-state index contributed by atoms with van der Waals surface area (Å²) in [6, 6.07) is 3.36. The molecule has 2 amide bonds. The van der Waals surface area contributed by atoms with Crippen LogP contribution in [0.25, 0.3) is 0 Å². The molecule has 0 bridgehead atoms. The molecule has 104 valence electrons. The van der Waals surface area contributed by atoms with E-state index in [4.69, 9.17) is 0 Å². The normalized spacial score (nSPS) is 17.4. The third-order valence-electron chi connectivity index (χ3n) is 3.62. The Bertz CT molecular complexity index is 607. The second-order valence-electron chi connectivity index (χ2n) is 4.95. The first-order chi connectivity index (χ1) is 9.74. The van der Waals surface area contributed by atoms with Crippen molar-refractivity contribution in [3.63, 3.8) is 0 Å². The number of aryl methyl sites for hydroxylation is 1. The zero-order chi connectivity index (χ0) is 13.9. The first-order valence-electron chi connectivity index (χ1n) is 6.72. The molecule has 6 heteroatoms. The van der Waals surface area contributed by atoms with Crippen LogP contribution in [0.1, 0.15) is 30.1 Å². The van der Waals surface area contributed by atoms with Crippen LogP contribution in [0, 0.1) is 0 Å². The molecule has 0 aromatic carbocycles. The molecule has 1 aliphatic carbocycles. The smallest absolute Gasteiger partial charge is 0.319 e. The van der Waals surface area contributed by atoms with Gasteiger partial charge in [0.25, 0.3) is 0 Å². The Morgan fingerprint density at radius 2 is 2.20 bits per heavy atom. The maximum atomic E-state index is 12.0. The summed E-state index contributed by atoms with van der Waals surface area (Å²) in [6.45, 7) is 0. The van der Waals surface area contributed by atoms with Crippen LogP contribution in [-0.2, 0) is 13.5 Å². The molecule has 0 radical (unpaired) electrons. The topological polar surface area (TPSA) is 71.8 Å². The molecule has 2 N–H and O–H groups in total. The number of nitrogens with one attached hydrogen (secondary N) is 2. The number of hydrogen-bond donors (Lipinski definition) is 2. The Labute approximate surface area is 117 Å². The van der Waals surface area contributed by atoms with Gasteiger partial charge in [0.2, 0.25) is 0 Å². The van der Waals surface area contributed by atoms with Crippen molar-refractivity contribution >= 4 is 11.7 Å². The van der Waals surface area contributed by atoms with Crippen LogP contribution in [0.4, 0.5) is 10.5 Å². The Morgan fingerprint density at radius 1 is 1.40 bits per heavy atom. The van der Waals surface area contributed by atoms with Gasteiger partial charge in [0.15, 0.2) is 0 Å². The SMILES string of the molecule is Cn1ncc2c1CCCC2NC(=O)Nc1ccncc1. The van der Waals surface area contributed by atoms with Crippen LogP contribution >= 0.6 is 0 Å². The third-order valence-corrected chi connectivity index (χ3v) is 3.62. The fourth-order valence-electron chi connectivity index (χ4n) is 2.62. The van der Waals surface area contributed by atoms with Gasteiger partial charge in [-0.25, -0.2) is 4.79 Å². The van der Waals surface area contributed by atoms with Gasteiger partial charge in [-0.05, 0) is 31.4 Å². The number of aromatic nitrogens is 3. The molecule has 2 aromatic heterocycles. The average molecular weight is 271 g/mol. The van der Waals surface area contributed by atoms with E-state index in [-0.39, 0.29) is 12.1 Å². The second kappa shape index (κ2) is 5.32. The number of rotatable bonds is 2. The van der Waals surface area contributed by atoms with Crippen LogP contribution in [0.15, 0.2) is 30.7 Å². The lowest BCUT2D eigenvalue weighted by Gasteiger charge is -2.23. The summed E-state index contributed by atoms with van der Waals surface area (Å²) >= 11 is 0. The van der Waals surface area contributed by atoms with Crippen molar-refractivity contribution in [3.8, 4) is 0 Å². The molecule has 0 aliphatic heterocycles. The van der Waals surface area contributed by atoms with E-state index in [0.29, 0.717) is 0 Å². The highest BCUT2D eigenvalue weighted by Gasteiger charge is 2.24. The van der Waals surface area contributed by atoms with Crippen molar-refractivity contribution in [1.82, 2.24) is 20.1 Å². The minimum absolute atomic E-state index is 0.0364. The van der Waals surface area contributed by atoms with E-state index >= 15 is 0 Å². The summed E-state index contributed by atoms with van der Waals surface area (Å²) in [5, 5.41) is 10.1. The lowest BCUT2D eigenvalue weighted by molar-refractivity contribution is 0.247.